The van der Waals surface area contributed by atoms with Gasteiger partial charge in [0, 0.05) is 19.5 Å². The van der Waals surface area contributed by atoms with Gasteiger partial charge in [0.25, 0.3) is 0 Å². The molecular weight excluding hydrogens is 225 g/mol. The van der Waals surface area contributed by atoms with E-state index in [4.69, 9.17) is 5.26 Å². The molecule has 0 saturated carbocycles. The molecule has 0 heterocycles. The average Bonchev–Trinajstić information content (AvgIpc) is 1.88. The van der Waals surface area contributed by atoms with Crippen molar-refractivity contribution in [2.24, 2.45) is 0 Å². The largest absolute Gasteiger partial charge is 0.192 e. The second-order valence-electron chi connectivity index (χ2n) is 2.38. The molecule has 0 unspecified atom stereocenters. The third-order valence-corrected chi connectivity index (χ3v) is 1.59. The quantitative estimate of drug-likeness (QED) is 0.631. The van der Waals surface area contributed by atoms with Crippen LogP contribution in [-0.2, 0) is 19.5 Å². The summed E-state index contributed by atoms with van der Waals surface area (Å²) in [5.74, 6) is 0. The van der Waals surface area contributed by atoms with Crippen molar-refractivity contribution in [2.45, 2.75) is 13.8 Å². The fourth-order valence-corrected chi connectivity index (χ4v) is 0.991. The van der Waals surface area contributed by atoms with Gasteiger partial charge in [-0.25, -0.2) is 0 Å². The maximum Gasteiger partial charge on any atom is 0.0997 e. The first-order valence-electron chi connectivity index (χ1n) is 3.22. The zero-order valence-corrected chi connectivity index (χ0v) is 8.15. The Morgan fingerprint density at radius 3 is 1.91 bits per heavy atom. The van der Waals surface area contributed by atoms with Gasteiger partial charge in [-0.15, -0.1) is 0 Å². The van der Waals surface area contributed by atoms with Gasteiger partial charge in [0.2, 0.25) is 0 Å². The number of hydrogen-bond donors (Lipinski definition) is 0. The maximum absolute atomic E-state index is 8.65. The summed E-state index contributed by atoms with van der Waals surface area (Å²) in [5, 5.41) is 8.65. The van der Waals surface area contributed by atoms with Gasteiger partial charge < -0.3 is 0 Å². The fourth-order valence-electron chi connectivity index (χ4n) is 0.991. The molecule has 1 rings (SSSR count). The first kappa shape index (κ1) is 10.3. The molecule has 0 N–H and O–H groups in total. The number of aryl methyl sites for hydroxylation is 2. The van der Waals surface area contributed by atoms with Gasteiger partial charge in [-0.1, -0.05) is 18.2 Å². The molecular formula is C9H9NRh. The summed E-state index contributed by atoms with van der Waals surface area (Å²) in [7, 11) is 0. The van der Waals surface area contributed by atoms with E-state index in [1.54, 1.807) is 0 Å². The number of nitrogens with zero attached hydrogens (tertiary/aromatic N) is 1. The third kappa shape index (κ3) is 2.13. The Balaban J connectivity index is 0.000001000. The third-order valence-electron chi connectivity index (χ3n) is 1.59. The van der Waals surface area contributed by atoms with E-state index in [2.05, 4.69) is 6.07 Å². The molecule has 1 aromatic carbocycles. The molecule has 11 heavy (non-hydrogen) atoms. The summed E-state index contributed by atoms with van der Waals surface area (Å²) in [6.45, 7) is 3.90. The van der Waals surface area contributed by atoms with Crippen molar-refractivity contribution in [1.29, 1.82) is 5.26 Å². The zero-order valence-electron chi connectivity index (χ0n) is 6.51. The van der Waals surface area contributed by atoms with Crippen molar-refractivity contribution in [3.63, 3.8) is 0 Å². The van der Waals surface area contributed by atoms with E-state index < -0.39 is 0 Å². The summed E-state index contributed by atoms with van der Waals surface area (Å²) in [4.78, 5) is 0. The molecule has 0 amide bonds. The van der Waals surface area contributed by atoms with Gasteiger partial charge in [0.05, 0.1) is 11.6 Å². The smallest absolute Gasteiger partial charge is 0.0997 e. The van der Waals surface area contributed by atoms with E-state index in [0.717, 1.165) is 16.7 Å². The van der Waals surface area contributed by atoms with Gasteiger partial charge in [0.1, 0.15) is 0 Å². The molecule has 0 aliphatic rings. The number of benzene rings is 1. The molecule has 1 radical (unpaired) electrons. The standard InChI is InChI=1S/C9H9N.Rh/c1-7-4-3-5-8(2)9(7)6-10;/h3-5H,1-2H3;. The number of hydrogen-bond acceptors (Lipinski definition) is 1. The van der Waals surface area contributed by atoms with Crippen LogP contribution in [0.4, 0.5) is 0 Å². The topological polar surface area (TPSA) is 23.8 Å². The first-order chi connectivity index (χ1) is 4.75. The van der Waals surface area contributed by atoms with Crippen LogP contribution in [0.1, 0.15) is 16.7 Å². The van der Waals surface area contributed by atoms with E-state index in [1.807, 2.05) is 32.0 Å². The minimum atomic E-state index is 0. The predicted octanol–water partition coefficient (Wildman–Crippen LogP) is 2.17. The zero-order chi connectivity index (χ0) is 7.56. The minimum Gasteiger partial charge on any atom is -0.192 e. The Bertz CT molecular complexity index is 266. The van der Waals surface area contributed by atoms with Crippen molar-refractivity contribution < 1.29 is 19.5 Å². The molecule has 59 valence electrons. The monoisotopic (exact) mass is 234 g/mol. The Kier molecular flexibility index (Phi) is 4.00. The first-order valence-corrected chi connectivity index (χ1v) is 3.22. The Morgan fingerprint density at radius 1 is 1.18 bits per heavy atom. The van der Waals surface area contributed by atoms with Crippen LogP contribution in [0.25, 0.3) is 0 Å². The summed E-state index contributed by atoms with van der Waals surface area (Å²) in [6, 6.07) is 8.03. The van der Waals surface area contributed by atoms with Crippen LogP contribution in [0.3, 0.4) is 0 Å². The number of rotatable bonds is 0. The van der Waals surface area contributed by atoms with E-state index in [0.29, 0.717) is 0 Å². The van der Waals surface area contributed by atoms with Crippen LogP contribution < -0.4 is 0 Å². The van der Waals surface area contributed by atoms with Crippen molar-refractivity contribution in [2.75, 3.05) is 0 Å². The summed E-state index contributed by atoms with van der Waals surface area (Å²) < 4.78 is 0. The van der Waals surface area contributed by atoms with Crippen LogP contribution in [-0.4, -0.2) is 0 Å². The molecule has 1 aromatic rings. The molecule has 0 saturated heterocycles. The fraction of sp³-hybridized carbons (Fsp3) is 0.222. The Labute approximate surface area is 79.8 Å². The molecule has 1 nitrogen and oxygen atoms in total. The van der Waals surface area contributed by atoms with Crippen molar-refractivity contribution in [3.05, 3.63) is 34.9 Å². The summed E-state index contributed by atoms with van der Waals surface area (Å²) in [5.41, 5.74) is 2.92. The van der Waals surface area contributed by atoms with Gasteiger partial charge in [-0.3, -0.25) is 0 Å². The summed E-state index contributed by atoms with van der Waals surface area (Å²) >= 11 is 0. The van der Waals surface area contributed by atoms with Crippen molar-refractivity contribution in [3.8, 4) is 6.07 Å². The molecule has 0 spiro atoms. The second kappa shape index (κ2) is 4.26. The van der Waals surface area contributed by atoms with E-state index in [9.17, 15) is 0 Å². The van der Waals surface area contributed by atoms with Crippen LogP contribution >= 0.6 is 0 Å². The van der Waals surface area contributed by atoms with Gasteiger partial charge >= 0.3 is 0 Å². The van der Waals surface area contributed by atoms with Gasteiger partial charge in [-0.2, -0.15) is 5.26 Å². The molecule has 0 aliphatic heterocycles. The molecule has 0 aliphatic carbocycles. The van der Waals surface area contributed by atoms with Crippen LogP contribution in [0, 0.1) is 25.2 Å². The normalized spacial score (nSPS) is 8.09. The SMILES string of the molecule is Cc1cccc(C)c1C#N.[Rh]. The van der Waals surface area contributed by atoms with Crippen LogP contribution in [0.5, 0.6) is 0 Å². The van der Waals surface area contributed by atoms with E-state index >= 15 is 0 Å². The summed E-state index contributed by atoms with van der Waals surface area (Å²) in [6.07, 6.45) is 0. The number of nitriles is 1. The average molecular weight is 234 g/mol. The van der Waals surface area contributed by atoms with Gasteiger partial charge in [-0.05, 0) is 25.0 Å². The minimum absolute atomic E-state index is 0. The molecule has 2 heteroatoms. The molecule has 0 bridgehead atoms. The molecule has 0 aromatic heterocycles. The van der Waals surface area contributed by atoms with Crippen molar-refractivity contribution in [1.82, 2.24) is 0 Å². The van der Waals surface area contributed by atoms with Crippen molar-refractivity contribution >= 4 is 0 Å². The van der Waals surface area contributed by atoms with Gasteiger partial charge in [0.15, 0.2) is 0 Å². The van der Waals surface area contributed by atoms with Crippen LogP contribution in [0.15, 0.2) is 18.2 Å². The van der Waals surface area contributed by atoms with E-state index in [-0.39, 0.29) is 19.5 Å². The second-order valence-corrected chi connectivity index (χ2v) is 2.38. The maximum atomic E-state index is 8.65. The van der Waals surface area contributed by atoms with E-state index in [1.165, 1.54) is 0 Å². The molecule has 0 fully saturated rings. The molecule has 0 atom stereocenters. The Morgan fingerprint density at radius 2 is 1.64 bits per heavy atom. The van der Waals surface area contributed by atoms with Crippen LogP contribution in [0.2, 0.25) is 0 Å². The predicted molar refractivity (Wildman–Crippen MR) is 40.6 cm³/mol. The Hall–Kier alpha value is -0.667.